The van der Waals surface area contributed by atoms with Gasteiger partial charge in [-0.1, -0.05) is 48.0 Å². The Balaban J connectivity index is 0.00000243. The van der Waals surface area contributed by atoms with E-state index in [0.29, 0.717) is 31.0 Å². The molecule has 2 atom stereocenters. The Morgan fingerprint density at radius 2 is 1.92 bits per heavy atom. The normalized spacial score (nSPS) is 19.7. The molecular weight excluding hydrogens is 371 g/mol. The zero-order valence-electron chi connectivity index (χ0n) is 14.7. The van der Waals surface area contributed by atoms with Crippen LogP contribution in [-0.2, 0) is 16.0 Å². The van der Waals surface area contributed by atoms with Gasteiger partial charge in [-0.2, -0.15) is 0 Å². The van der Waals surface area contributed by atoms with Crippen molar-refractivity contribution in [1.29, 1.82) is 0 Å². The zero-order chi connectivity index (χ0) is 17.8. The number of para-hydroxylation sites is 1. The second-order valence-corrected chi connectivity index (χ2v) is 6.84. The summed E-state index contributed by atoms with van der Waals surface area (Å²) in [4.78, 5) is 14.7. The van der Waals surface area contributed by atoms with E-state index in [0.717, 1.165) is 16.8 Å². The van der Waals surface area contributed by atoms with Crippen molar-refractivity contribution in [2.75, 3.05) is 18.9 Å². The van der Waals surface area contributed by atoms with Gasteiger partial charge in [-0.15, -0.1) is 12.4 Å². The lowest BCUT2D eigenvalue weighted by molar-refractivity contribution is -0.144. The van der Waals surface area contributed by atoms with E-state index < -0.39 is 0 Å². The first-order valence-corrected chi connectivity index (χ1v) is 8.93. The van der Waals surface area contributed by atoms with Gasteiger partial charge in [-0.25, -0.2) is 0 Å². The molecule has 0 spiro atoms. The molecule has 0 aromatic heterocycles. The van der Waals surface area contributed by atoms with Gasteiger partial charge < -0.3 is 15.4 Å². The number of anilines is 1. The van der Waals surface area contributed by atoms with Gasteiger partial charge >= 0.3 is 0 Å². The first-order valence-electron chi connectivity index (χ1n) is 8.55. The van der Waals surface area contributed by atoms with Gasteiger partial charge in [-0.3, -0.25) is 4.79 Å². The number of amides is 1. The van der Waals surface area contributed by atoms with Crippen LogP contribution in [-0.4, -0.2) is 30.0 Å². The number of hydrogen-bond acceptors (Lipinski definition) is 3. The maximum absolute atomic E-state index is 12.8. The van der Waals surface area contributed by atoms with Crippen LogP contribution in [0.3, 0.4) is 0 Å². The Morgan fingerprint density at radius 3 is 2.65 bits per heavy atom. The molecular formula is C20H24Cl2N2O2. The van der Waals surface area contributed by atoms with E-state index in [1.54, 1.807) is 0 Å². The number of carbonyl (C=O) groups excluding carboxylic acids is 1. The monoisotopic (exact) mass is 394 g/mol. The Morgan fingerprint density at radius 1 is 1.23 bits per heavy atom. The highest BCUT2D eigenvalue weighted by Gasteiger charge is 2.31. The van der Waals surface area contributed by atoms with E-state index >= 15 is 0 Å². The van der Waals surface area contributed by atoms with Crippen molar-refractivity contribution in [1.82, 2.24) is 4.90 Å². The summed E-state index contributed by atoms with van der Waals surface area (Å²) < 4.78 is 5.92. The number of hydrogen-bond donors (Lipinski definition) is 1. The van der Waals surface area contributed by atoms with Crippen molar-refractivity contribution in [3.05, 3.63) is 64.7 Å². The highest BCUT2D eigenvalue weighted by molar-refractivity contribution is 6.31. The minimum Gasteiger partial charge on any atom is -0.399 e. The summed E-state index contributed by atoms with van der Waals surface area (Å²) >= 11 is 6.28. The van der Waals surface area contributed by atoms with Crippen molar-refractivity contribution < 1.29 is 9.53 Å². The summed E-state index contributed by atoms with van der Waals surface area (Å²) in [6.07, 6.45) is 0.899. The number of nitrogen functional groups attached to an aromatic ring is 1. The maximum Gasteiger partial charge on any atom is 0.223 e. The molecule has 1 amide bonds. The molecule has 0 bridgehead atoms. The number of nitrogens with zero attached hydrogens (tertiary/aromatic N) is 1. The van der Waals surface area contributed by atoms with Crippen molar-refractivity contribution in [3.63, 3.8) is 0 Å². The van der Waals surface area contributed by atoms with E-state index in [1.807, 2.05) is 60.4 Å². The SMILES string of the molecule is CC1COC(c2ccccc2Cl)CN1C(=O)CCc1ccccc1N.Cl. The van der Waals surface area contributed by atoms with Gasteiger partial charge in [0.2, 0.25) is 5.91 Å². The molecule has 0 radical (unpaired) electrons. The quantitative estimate of drug-likeness (QED) is 0.787. The third-order valence-electron chi connectivity index (χ3n) is 4.67. The molecule has 6 heteroatoms. The zero-order valence-corrected chi connectivity index (χ0v) is 16.3. The fourth-order valence-corrected chi connectivity index (χ4v) is 3.43. The summed E-state index contributed by atoms with van der Waals surface area (Å²) in [6, 6.07) is 15.4. The van der Waals surface area contributed by atoms with Crippen molar-refractivity contribution in [3.8, 4) is 0 Å². The smallest absolute Gasteiger partial charge is 0.223 e. The molecule has 2 N–H and O–H groups in total. The largest absolute Gasteiger partial charge is 0.399 e. The molecule has 2 unspecified atom stereocenters. The van der Waals surface area contributed by atoms with Crippen molar-refractivity contribution in [2.24, 2.45) is 0 Å². The van der Waals surface area contributed by atoms with Crippen LogP contribution in [0.15, 0.2) is 48.5 Å². The predicted molar refractivity (Wildman–Crippen MR) is 108 cm³/mol. The number of aryl methyl sites for hydroxylation is 1. The number of carbonyl (C=O) groups is 1. The van der Waals surface area contributed by atoms with Gasteiger partial charge in [0.15, 0.2) is 0 Å². The Kier molecular flexibility index (Phi) is 7.33. The third kappa shape index (κ3) is 4.70. The predicted octanol–water partition coefficient (Wildman–Crippen LogP) is 4.27. The molecule has 1 aliphatic rings. The highest BCUT2D eigenvalue weighted by Crippen LogP contribution is 2.30. The third-order valence-corrected chi connectivity index (χ3v) is 5.01. The molecule has 26 heavy (non-hydrogen) atoms. The van der Waals surface area contributed by atoms with Gasteiger partial charge in [0.1, 0.15) is 6.10 Å². The number of rotatable bonds is 4. The molecule has 0 saturated carbocycles. The lowest BCUT2D eigenvalue weighted by Gasteiger charge is -2.38. The number of ether oxygens (including phenoxy) is 1. The molecule has 1 aliphatic heterocycles. The van der Waals surface area contributed by atoms with E-state index in [-0.39, 0.29) is 30.5 Å². The Bertz CT molecular complexity index is 754. The summed E-state index contributed by atoms with van der Waals surface area (Å²) in [5.74, 6) is 0.121. The minimum atomic E-state index is -0.185. The minimum absolute atomic E-state index is 0. The van der Waals surface area contributed by atoms with Crippen LogP contribution in [0.5, 0.6) is 0 Å². The second kappa shape index (κ2) is 9.26. The topological polar surface area (TPSA) is 55.6 Å². The van der Waals surface area contributed by atoms with Gasteiger partial charge in [0.05, 0.1) is 19.2 Å². The molecule has 1 heterocycles. The van der Waals surface area contributed by atoms with E-state index in [1.165, 1.54) is 0 Å². The molecule has 1 fully saturated rings. The second-order valence-electron chi connectivity index (χ2n) is 6.44. The van der Waals surface area contributed by atoms with E-state index in [9.17, 15) is 4.79 Å². The number of morpholine rings is 1. The van der Waals surface area contributed by atoms with Crippen LogP contribution in [0, 0.1) is 0 Å². The van der Waals surface area contributed by atoms with Crippen molar-refractivity contribution >= 4 is 35.6 Å². The van der Waals surface area contributed by atoms with Crippen LogP contribution in [0.1, 0.15) is 30.6 Å². The fraction of sp³-hybridized carbons (Fsp3) is 0.350. The number of nitrogens with two attached hydrogens (primary N) is 1. The fourth-order valence-electron chi connectivity index (χ4n) is 3.18. The molecule has 3 rings (SSSR count). The summed E-state index contributed by atoms with van der Waals surface area (Å²) in [7, 11) is 0. The van der Waals surface area contributed by atoms with Crippen LogP contribution in [0.4, 0.5) is 5.69 Å². The van der Waals surface area contributed by atoms with Crippen LogP contribution >= 0.6 is 24.0 Å². The highest BCUT2D eigenvalue weighted by atomic mass is 35.5. The average Bonchev–Trinajstić information content (AvgIpc) is 2.62. The van der Waals surface area contributed by atoms with Crippen LogP contribution < -0.4 is 5.73 Å². The van der Waals surface area contributed by atoms with Gasteiger partial charge in [0, 0.05) is 22.7 Å². The molecule has 4 nitrogen and oxygen atoms in total. The standard InChI is InChI=1S/C20H23ClN2O2.ClH/c1-14-13-25-19(16-7-3-4-8-17(16)21)12-23(14)20(24)11-10-15-6-2-5-9-18(15)22;/h2-9,14,19H,10-13,22H2,1H3;1H. The first-order chi connectivity index (χ1) is 12.1. The van der Waals surface area contributed by atoms with Gasteiger partial charge in [0.25, 0.3) is 0 Å². The maximum atomic E-state index is 12.8. The lowest BCUT2D eigenvalue weighted by atomic mass is 10.0. The Labute approximate surface area is 165 Å². The van der Waals surface area contributed by atoms with Crippen LogP contribution in [0.25, 0.3) is 0 Å². The summed E-state index contributed by atoms with van der Waals surface area (Å²) in [6.45, 7) is 3.04. The van der Waals surface area contributed by atoms with Crippen molar-refractivity contribution in [2.45, 2.75) is 31.9 Å². The first kappa shape index (κ1) is 20.6. The Hall–Kier alpha value is -1.75. The van der Waals surface area contributed by atoms with Crippen LogP contribution in [0.2, 0.25) is 5.02 Å². The average molecular weight is 395 g/mol. The number of halogens is 2. The summed E-state index contributed by atoms with van der Waals surface area (Å²) in [5, 5.41) is 0.673. The van der Waals surface area contributed by atoms with Gasteiger partial charge in [-0.05, 0) is 31.0 Å². The molecule has 0 aliphatic carbocycles. The molecule has 140 valence electrons. The molecule has 2 aromatic carbocycles. The molecule has 2 aromatic rings. The number of benzene rings is 2. The molecule has 1 saturated heterocycles. The lowest BCUT2D eigenvalue weighted by Crippen LogP contribution is -2.48. The summed E-state index contributed by atoms with van der Waals surface area (Å²) in [5.41, 5.74) is 8.65. The van der Waals surface area contributed by atoms with E-state index in [2.05, 4.69) is 0 Å². The van der Waals surface area contributed by atoms with E-state index in [4.69, 9.17) is 22.1 Å².